The Morgan fingerprint density at radius 2 is 1.75 bits per heavy atom. The Kier molecular flexibility index (Phi) is 3.48. The zero-order valence-corrected chi connectivity index (χ0v) is 9.40. The predicted octanol–water partition coefficient (Wildman–Crippen LogP) is -0.189. The maximum atomic E-state index is 11.2. The number of carbonyl (C=O) groups is 3. The van der Waals surface area contributed by atoms with E-state index in [0.717, 1.165) is 5.06 Å². The number of ether oxygens (including phenoxy) is 1. The van der Waals surface area contributed by atoms with E-state index < -0.39 is 23.6 Å². The number of hydrogen-bond donors (Lipinski definition) is 1. The van der Waals surface area contributed by atoms with Gasteiger partial charge < -0.3 is 9.57 Å². The lowest BCUT2D eigenvalue weighted by Gasteiger charge is -2.25. The minimum Gasteiger partial charge on any atom is -0.427 e. The van der Waals surface area contributed by atoms with Crippen molar-refractivity contribution in [3.8, 4) is 0 Å². The number of carbonyl (C=O) groups excluding carboxylic acids is 3. The van der Waals surface area contributed by atoms with Gasteiger partial charge in [-0.3, -0.25) is 14.9 Å². The third-order valence-corrected chi connectivity index (χ3v) is 1.51. The van der Waals surface area contributed by atoms with Crippen molar-refractivity contribution in [2.75, 3.05) is 13.1 Å². The molecule has 1 aliphatic rings. The van der Waals surface area contributed by atoms with Crippen LogP contribution < -0.4 is 5.32 Å². The lowest BCUT2D eigenvalue weighted by molar-refractivity contribution is -0.169. The summed E-state index contributed by atoms with van der Waals surface area (Å²) in [6, 6.07) is 0. The van der Waals surface area contributed by atoms with E-state index in [1.165, 1.54) is 0 Å². The van der Waals surface area contributed by atoms with Gasteiger partial charge in [-0.1, -0.05) is 0 Å². The summed E-state index contributed by atoms with van der Waals surface area (Å²) in [6.45, 7) is 4.70. The highest BCUT2D eigenvalue weighted by atomic mass is 16.8. The maximum Gasteiger partial charge on any atom is 0.528 e. The van der Waals surface area contributed by atoms with Gasteiger partial charge in [0.15, 0.2) is 0 Å². The van der Waals surface area contributed by atoms with E-state index in [2.05, 4.69) is 5.32 Å². The molecule has 1 aliphatic heterocycles. The number of amides is 2. The fourth-order valence-corrected chi connectivity index (χ4v) is 1.05. The van der Waals surface area contributed by atoms with E-state index in [9.17, 15) is 14.4 Å². The van der Waals surface area contributed by atoms with Gasteiger partial charge in [0.25, 0.3) is 0 Å². The monoisotopic (exact) mass is 230 g/mol. The molecule has 0 atom stereocenters. The molecule has 1 N–H and O–H groups in total. The second kappa shape index (κ2) is 4.48. The molecule has 2 amide bonds. The largest absolute Gasteiger partial charge is 0.528 e. The van der Waals surface area contributed by atoms with Gasteiger partial charge in [-0.25, -0.2) is 4.79 Å². The van der Waals surface area contributed by atoms with Crippen molar-refractivity contribution in [3.05, 3.63) is 0 Å². The summed E-state index contributed by atoms with van der Waals surface area (Å²) in [5.74, 6) is -1.03. The molecule has 0 aromatic rings. The van der Waals surface area contributed by atoms with Crippen LogP contribution in [0, 0.1) is 0 Å². The van der Waals surface area contributed by atoms with Crippen LogP contribution >= 0.6 is 0 Å². The Hall–Kier alpha value is -1.63. The van der Waals surface area contributed by atoms with E-state index in [-0.39, 0.29) is 13.1 Å². The fourth-order valence-electron chi connectivity index (χ4n) is 1.05. The normalized spacial score (nSPS) is 17.9. The van der Waals surface area contributed by atoms with Gasteiger partial charge in [-0.2, -0.15) is 0 Å². The minimum atomic E-state index is -0.935. The van der Waals surface area contributed by atoms with Crippen LogP contribution in [-0.2, 0) is 19.2 Å². The third-order valence-electron chi connectivity index (χ3n) is 1.51. The molecule has 1 rings (SSSR count). The zero-order valence-electron chi connectivity index (χ0n) is 9.40. The number of rotatable bonds is 1. The molecule has 16 heavy (non-hydrogen) atoms. The maximum absolute atomic E-state index is 11.2. The topological polar surface area (TPSA) is 84.9 Å². The molecule has 0 bridgehead atoms. The highest BCUT2D eigenvalue weighted by Crippen LogP contribution is 2.09. The van der Waals surface area contributed by atoms with Crippen LogP contribution in [0.5, 0.6) is 0 Å². The molecule has 1 fully saturated rings. The average molecular weight is 230 g/mol. The average Bonchev–Trinajstić information content (AvgIpc) is 1.96. The molecule has 7 heteroatoms. The molecule has 1 saturated heterocycles. The van der Waals surface area contributed by atoms with Crippen molar-refractivity contribution in [3.63, 3.8) is 0 Å². The first-order chi connectivity index (χ1) is 7.26. The van der Waals surface area contributed by atoms with E-state index in [1.54, 1.807) is 20.8 Å². The predicted molar refractivity (Wildman–Crippen MR) is 52.0 cm³/mol. The number of hydrogen-bond acceptors (Lipinski definition) is 6. The number of hydroxylamine groups is 2. The Morgan fingerprint density at radius 3 is 2.19 bits per heavy atom. The van der Waals surface area contributed by atoms with Crippen LogP contribution in [0.25, 0.3) is 0 Å². The molecular formula is C9H14N2O5. The van der Waals surface area contributed by atoms with Crippen LogP contribution in [0.3, 0.4) is 0 Å². The molecule has 7 nitrogen and oxygen atoms in total. The highest BCUT2D eigenvalue weighted by molar-refractivity contribution is 5.99. The second-order valence-corrected chi connectivity index (χ2v) is 4.33. The number of nitrogens with one attached hydrogen (secondary N) is 1. The number of imide groups is 1. The van der Waals surface area contributed by atoms with Gasteiger partial charge in [0.1, 0.15) is 18.7 Å². The first-order valence-corrected chi connectivity index (χ1v) is 4.75. The van der Waals surface area contributed by atoms with Crippen molar-refractivity contribution in [1.82, 2.24) is 10.4 Å². The molecule has 0 radical (unpaired) electrons. The van der Waals surface area contributed by atoms with E-state index >= 15 is 0 Å². The van der Waals surface area contributed by atoms with Crippen molar-refractivity contribution in [2.45, 2.75) is 26.4 Å². The van der Waals surface area contributed by atoms with Crippen LogP contribution in [0.1, 0.15) is 20.8 Å². The third kappa shape index (κ3) is 4.26. The SMILES string of the molecule is CC(C)(C)OC(=O)ON1CC(=O)NC(=O)C1. The fraction of sp³-hybridized carbons (Fsp3) is 0.667. The summed E-state index contributed by atoms with van der Waals surface area (Å²) in [6.07, 6.45) is -0.935. The van der Waals surface area contributed by atoms with E-state index in [1.807, 2.05) is 0 Å². The summed E-state index contributed by atoms with van der Waals surface area (Å²) in [7, 11) is 0. The number of nitrogens with zero attached hydrogens (tertiary/aromatic N) is 1. The molecule has 0 saturated carbocycles. The molecule has 1 heterocycles. The number of piperazine rings is 1. The summed E-state index contributed by atoms with van der Waals surface area (Å²) in [5, 5.41) is 3.03. The molecule has 0 aromatic heterocycles. The van der Waals surface area contributed by atoms with Crippen molar-refractivity contribution >= 4 is 18.0 Å². The molecule has 90 valence electrons. The molecule has 0 unspecified atom stereocenters. The Labute approximate surface area is 92.6 Å². The van der Waals surface area contributed by atoms with Crippen LogP contribution in [0.4, 0.5) is 4.79 Å². The highest BCUT2D eigenvalue weighted by Gasteiger charge is 2.27. The standard InChI is InChI=1S/C9H14N2O5/c1-9(2,3)15-8(14)16-11-4-6(12)10-7(13)5-11/h4-5H2,1-3H3,(H,10,12,13). The van der Waals surface area contributed by atoms with Crippen LogP contribution in [0.2, 0.25) is 0 Å². The molecule has 0 aromatic carbocycles. The summed E-state index contributed by atoms with van der Waals surface area (Å²) in [5.41, 5.74) is -0.681. The first kappa shape index (κ1) is 12.4. The summed E-state index contributed by atoms with van der Waals surface area (Å²) >= 11 is 0. The summed E-state index contributed by atoms with van der Waals surface area (Å²) in [4.78, 5) is 37.8. The van der Waals surface area contributed by atoms with Gasteiger partial charge >= 0.3 is 6.16 Å². The minimum absolute atomic E-state index is 0.176. The quantitative estimate of drug-likeness (QED) is 0.496. The first-order valence-electron chi connectivity index (χ1n) is 4.75. The Bertz CT molecular complexity index is 304. The van der Waals surface area contributed by atoms with Gasteiger partial charge in [0.2, 0.25) is 11.8 Å². The van der Waals surface area contributed by atoms with Crippen LogP contribution in [0.15, 0.2) is 0 Å². The second-order valence-electron chi connectivity index (χ2n) is 4.33. The van der Waals surface area contributed by atoms with Gasteiger partial charge in [-0.15, -0.1) is 5.06 Å². The zero-order chi connectivity index (χ0) is 12.3. The van der Waals surface area contributed by atoms with Gasteiger partial charge in [-0.05, 0) is 20.8 Å². The lowest BCUT2D eigenvalue weighted by Crippen LogP contribution is -2.52. The Balaban J connectivity index is 2.45. The lowest BCUT2D eigenvalue weighted by atomic mass is 10.2. The van der Waals surface area contributed by atoms with Crippen molar-refractivity contribution in [2.24, 2.45) is 0 Å². The Morgan fingerprint density at radius 1 is 1.25 bits per heavy atom. The summed E-state index contributed by atoms with van der Waals surface area (Å²) < 4.78 is 4.87. The van der Waals surface area contributed by atoms with E-state index in [0.29, 0.717) is 0 Å². The van der Waals surface area contributed by atoms with Gasteiger partial charge in [0.05, 0.1) is 0 Å². The van der Waals surface area contributed by atoms with Crippen LogP contribution in [-0.4, -0.2) is 41.7 Å². The van der Waals surface area contributed by atoms with Crippen molar-refractivity contribution < 1.29 is 24.0 Å². The molecule has 0 spiro atoms. The van der Waals surface area contributed by atoms with Gasteiger partial charge in [0, 0.05) is 0 Å². The van der Waals surface area contributed by atoms with E-state index in [4.69, 9.17) is 9.57 Å². The van der Waals surface area contributed by atoms with Crippen molar-refractivity contribution in [1.29, 1.82) is 0 Å². The smallest absolute Gasteiger partial charge is 0.427 e. The molecular weight excluding hydrogens is 216 g/mol. The molecule has 0 aliphatic carbocycles.